The first kappa shape index (κ1) is 22.3. The molecule has 1 heteroatoms. The SMILES string of the molecule is CCCCCC(CCN(Cc1ccccc1)Cc1ccccc1)Cc1ccccc1. The van der Waals surface area contributed by atoms with Crippen molar-refractivity contribution >= 4 is 0 Å². The molecular formula is C29H37N. The lowest BCUT2D eigenvalue weighted by Crippen LogP contribution is -2.26. The van der Waals surface area contributed by atoms with Crippen LogP contribution in [0.4, 0.5) is 0 Å². The largest absolute Gasteiger partial charge is 0.295 e. The summed E-state index contributed by atoms with van der Waals surface area (Å²) < 4.78 is 0. The minimum Gasteiger partial charge on any atom is -0.295 e. The molecule has 0 heterocycles. The van der Waals surface area contributed by atoms with Crippen molar-refractivity contribution in [3.05, 3.63) is 108 Å². The van der Waals surface area contributed by atoms with Crippen LogP contribution in [-0.4, -0.2) is 11.4 Å². The van der Waals surface area contributed by atoms with Crippen molar-refractivity contribution in [2.75, 3.05) is 6.54 Å². The maximum Gasteiger partial charge on any atom is 0.0237 e. The number of unbranched alkanes of at least 4 members (excludes halogenated alkanes) is 2. The number of rotatable bonds is 13. The highest BCUT2D eigenvalue weighted by atomic mass is 15.1. The van der Waals surface area contributed by atoms with Gasteiger partial charge in [-0.05, 0) is 42.0 Å². The molecule has 0 aliphatic carbocycles. The van der Waals surface area contributed by atoms with Crippen molar-refractivity contribution < 1.29 is 0 Å². The Morgan fingerprint density at radius 1 is 0.600 bits per heavy atom. The average molecular weight is 400 g/mol. The number of hydrogen-bond acceptors (Lipinski definition) is 1. The average Bonchev–Trinajstić information content (AvgIpc) is 2.79. The summed E-state index contributed by atoms with van der Waals surface area (Å²) in [5.74, 6) is 0.757. The first-order valence-corrected chi connectivity index (χ1v) is 11.7. The molecular weight excluding hydrogens is 362 g/mol. The molecule has 0 N–H and O–H groups in total. The van der Waals surface area contributed by atoms with Gasteiger partial charge < -0.3 is 0 Å². The molecule has 0 aromatic heterocycles. The van der Waals surface area contributed by atoms with E-state index in [-0.39, 0.29) is 0 Å². The van der Waals surface area contributed by atoms with Gasteiger partial charge in [-0.15, -0.1) is 0 Å². The van der Waals surface area contributed by atoms with Crippen LogP contribution in [0.3, 0.4) is 0 Å². The Balaban J connectivity index is 1.64. The van der Waals surface area contributed by atoms with E-state index in [2.05, 4.69) is 103 Å². The molecule has 158 valence electrons. The van der Waals surface area contributed by atoms with E-state index in [1.54, 1.807) is 0 Å². The fraction of sp³-hybridized carbons (Fsp3) is 0.379. The van der Waals surface area contributed by atoms with Gasteiger partial charge in [0.1, 0.15) is 0 Å². The minimum atomic E-state index is 0.757. The smallest absolute Gasteiger partial charge is 0.0237 e. The molecule has 0 saturated carbocycles. The molecule has 0 fully saturated rings. The Morgan fingerprint density at radius 2 is 1.10 bits per heavy atom. The summed E-state index contributed by atoms with van der Waals surface area (Å²) in [7, 11) is 0. The molecule has 0 spiro atoms. The molecule has 3 rings (SSSR count). The van der Waals surface area contributed by atoms with Gasteiger partial charge in [0.2, 0.25) is 0 Å². The van der Waals surface area contributed by atoms with Crippen LogP contribution in [0.25, 0.3) is 0 Å². The Kier molecular flexibility index (Phi) is 9.69. The lowest BCUT2D eigenvalue weighted by atomic mass is 9.90. The maximum atomic E-state index is 2.63. The van der Waals surface area contributed by atoms with Crippen LogP contribution in [0.1, 0.15) is 55.7 Å². The van der Waals surface area contributed by atoms with Crippen LogP contribution in [0.5, 0.6) is 0 Å². The highest BCUT2D eigenvalue weighted by molar-refractivity contribution is 5.17. The highest BCUT2D eigenvalue weighted by Gasteiger charge is 2.14. The first-order valence-electron chi connectivity index (χ1n) is 11.7. The van der Waals surface area contributed by atoms with E-state index in [0.717, 1.165) is 25.6 Å². The Morgan fingerprint density at radius 3 is 1.60 bits per heavy atom. The molecule has 0 amide bonds. The molecule has 3 aromatic carbocycles. The van der Waals surface area contributed by atoms with Crippen molar-refractivity contribution in [1.82, 2.24) is 4.90 Å². The quantitative estimate of drug-likeness (QED) is 0.269. The van der Waals surface area contributed by atoms with Gasteiger partial charge in [0.15, 0.2) is 0 Å². The second kappa shape index (κ2) is 13.0. The van der Waals surface area contributed by atoms with Crippen molar-refractivity contribution in [1.29, 1.82) is 0 Å². The van der Waals surface area contributed by atoms with Crippen molar-refractivity contribution in [2.24, 2.45) is 5.92 Å². The van der Waals surface area contributed by atoms with E-state index in [4.69, 9.17) is 0 Å². The van der Waals surface area contributed by atoms with Crippen molar-refractivity contribution in [3.8, 4) is 0 Å². The molecule has 1 unspecified atom stereocenters. The molecule has 0 aliphatic rings. The lowest BCUT2D eigenvalue weighted by Gasteiger charge is -2.26. The van der Waals surface area contributed by atoms with E-state index in [1.165, 1.54) is 55.2 Å². The van der Waals surface area contributed by atoms with Crippen molar-refractivity contribution in [2.45, 2.75) is 58.5 Å². The Hall–Kier alpha value is -2.38. The minimum absolute atomic E-state index is 0.757. The maximum absolute atomic E-state index is 2.63. The lowest BCUT2D eigenvalue weighted by molar-refractivity contribution is 0.230. The summed E-state index contributed by atoms with van der Waals surface area (Å²) in [5.41, 5.74) is 4.29. The number of benzene rings is 3. The fourth-order valence-electron chi connectivity index (χ4n) is 4.24. The Bertz CT molecular complexity index is 756. The van der Waals surface area contributed by atoms with Crippen LogP contribution in [-0.2, 0) is 19.5 Å². The fourth-order valence-corrected chi connectivity index (χ4v) is 4.24. The molecule has 0 bridgehead atoms. The van der Waals surface area contributed by atoms with Crippen LogP contribution < -0.4 is 0 Å². The topological polar surface area (TPSA) is 3.24 Å². The van der Waals surface area contributed by atoms with Gasteiger partial charge in [0, 0.05) is 13.1 Å². The van der Waals surface area contributed by atoms with E-state index in [1.807, 2.05) is 0 Å². The van der Waals surface area contributed by atoms with E-state index >= 15 is 0 Å². The molecule has 0 radical (unpaired) electrons. The van der Waals surface area contributed by atoms with E-state index in [0.29, 0.717) is 0 Å². The predicted molar refractivity (Wildman–Crippen MR) is 129 cm³/mol. The normalized spacial score (nSPS) is 12.2. The highest BCUT2D eigenvalue weighted by Crippen LogP contribution is 2.21. The van der Waals surface area contributed by atoms with Crippen LogP contribution >= 0.6 is 0 Å². The molecule has 30 heavy (non-hydrogen) atoms. The zero-order valence-corrected chi connectivity index (χ0v) is 18.5. The third kappa shape index (κ3) is 8.16. The second-order valence-electron chi connectivity index (χ2n) is 8.52. The van der Waals surface area contributed by atoms with Gasteiger partial charge in [0.05, 0.1) is 0 Å². The van der Waals surface area contributed by atoms with Gasteiger partial charge in [-0.1, -0.05) is 124 Å². The third-order valence-corrected chi connectivity index (χ3v) is 5.93. The summed E-state index contributed by atoms with van der Waals surface area (Å²) in [5, 5.41) is 0. The molecule has 1 nitrogen and oxygen atoms in total. The van der Waals surface area contributed by atoms with Crippen LogP contribution in [0.2, 0.25) is 0 Å². The summed E-state index contributed by atoms with van der Waals surface area (Å²) in [6.07, 6.45) is 7.81. The van der Waals surface area contributed by atoms with Gasteiger partial charge in [-0.3, -0.25) is 4.90 Å². The predicted octanol–water partition coefficient (Wildman–Crippen LogP) is 7.52. The van der Waals surface area contributed by atoms with E-state index in [9.17, 15) is 0 Å². The zero-order valence-electron chi connectivity index (χ0n) is 18.5. The third-order valence-electron chi connectivity index (χ3n) is 5.93. The molecule has 1 atom stereocenters. The first-order chi connectivity index (χ1) is 14.8. The zero-order chi connectivity index (χ0) is 20.9. The van der Waals surface area contributed by atoms with Gasteiger partial charge in [0.25, 0.3) is 0 Å². The van der Waals surface area contributed by atoms with Gasteiger partial charge >= 0.3 is 0 Å². The van der Waals surface area contributed by atoms with Crippen LogP contribution in [0, 0.1) is 5.92 Å². The Labute approximate surface area is 183 Å². The van der Waals surface area contributed by atoms with Gasteiger partial charge in [-0.25, -0.2) is 0 Å². The monoisotopic (exact) mass is 399 g/mol. The standard InChI is InChI=1S/C29H37N/c1-2-3-7-14-27(23-26-15-8-4-9-16-26)21-22-30(24-28-17-10-5-11-18-28)25-29-19-12-6-13-20-29/h4-6,8-13,15-20,27H,2-3,7,14,21-25H2,1H3. The van der Waals surface area contributed by atoms with E-state index < -0.39 is 0 Å². The van der Waals surface area contributed by atoms with Gasteiger partial charge in [-0.2, -0.15) is 0 Å². The number of nitrogens with zero attached hydrogens (tertiary/aromatic N) is 1. The number of hydrogen-bond donors (Lipinski definition) is 0. The van der Waals surface area contributed by atoms with Crippen molar-refractivity contribution in [3.63, 3.8) is 0 Å². The summed E-state index contributed by atoms with van der Waals surface area (Å²) >= 11 is 0. The summed E-state index contributed by atoms with van der Waals surface area (Å²) in [6.45, 7) is 5.48. The molecule has 3 aromatic rings. The summed E-state index contributed by atoms with van der Waals surface area (Å²) in [6, 6.07) is 32.9. The second-order valence-corrected chi connectivity index (χ2v) is 8.52. The molecule has 0 aliphatic heterocycles. The van der Waals surface area contributed by atoms with Crippen LogP contribution in [0.15, 0.2) is 91.0 Å². The molecule has 0 saturated heterocycles. The summed E-state index contributed by atoms with van der Waals surface area (Å²) in [4.78, 5) is 2.63.